The Bertz CT molecular complexity index is 668. The van der Waals surface area contributed by atoms with Crippen LogP contribution in [-0.2, 0) is 4.79 Å². The van der Waals surface area contributed by atoms with Gasteiger partial charge in [-0.05, 0) is 41.7 Å². The summed E-state index contributed by atoms with van der Waals surface area (Å²) in [6, 6.07) is 14.1. The summed E-state index contributed by atoms with van der Waals surface area (Å²) in [7, 11) is 0. The Kier molecular flexibility index (Phi) is 7.77. The van der Waals surface area contributed by atoms with Crippen molar-refractivity contribution < 1.29 is 9.53 Å². The number of ether oxygens (including phenoxy) is 1. The van der Waals surface area contributed by atoms with Gasteiger partial charge in [-0.1, -0.05) is 70.4 Å². The van der Waals surface area contributed by atoms with Crippen LogP contribution >= 0.6 is 0 Å². The smallest absolute Gasteiger partial charge is 0.261 e. The average molecular weight is 341 g/mol. The fourth-order valence-electron chi connectivity index (χ4n) is 3.03. The highest BCUT2D eigenvalue weighted by molar-refractivity contribution is 5.84. The molecule has 2 atom stereocenters. The molecule has 0 saturated heterocycles. The second-order valence-electron chi connectivity index (χ2n) is 6.69. The molecule has 2 aromatic carbocycles. The van der Waals surface area contributed by atoms with Gasteiger partial charge in [0.05, 0.1) is 0 Å². The predicted molar refractivity (Wildman–Crippen MR) is 105 cm³/mol. The SMILES string of the molecule is CCCC[C@@H](CC)CNC(=O)[C@H](CC)Oc1ccc2ccccc2c1. The largest absolute Gasteiger partial charge is 0.481 e. The summed E-state index contributed by atoms with van der Waals surface area (Å²) in [6.45, 7) is 7.12. The van der Waals surface area contributed by atoms with E-state index < -0.39 is 6.10 Å². The molecule has 0 saturated carbocycles. The number of hydrogen-bond donors (Lipinski definition) is 1. The van der Waals surface area contributed by atoms with Crippen molar-refractivity contribution in [1.82, 2.24) is 5.32 Å². The van der Waals surface area contributed by atoms with Gasteiger partial charge in [-0.15, -0.1) is 0 Å². The van der Waals surface area contributed by atoms with Gasteiger partial charge in [-0.25, -0.2) is 0 Å². The second-order valence-corrected chi connectivity index (χ2v) is 6.69. The molecular weight excluding hydrogens is 310 g/mol. The van der Waals surface area contributed by atoms with Crippen molar-refractivity contribution in [3.63, 3.8) is 0 Å². The van der Waals surface area contributed by atoms with Gasteiger partial charge in [0.15, 0.2) is 6.10 Å². The van der Waals surface area contributed by atoms with Crippen LogP contribution < -0.4 is 10.1 Å². The topological polar surface area (TPSA) is 38.3 Å². The molecule has 0 radical (unpaired) electrons. The number of carbonyl (C=O) groups is 1. The molecule has 1 amide bonds. The molecule has 136 valence electrons. The number of nitrogens with one attached hydrogen (secondary N) is 1. The highest BCUT2D eigenvalue weighted by Crippen LogP contribution is 2.22. The second kappa shape index (κ2) is 10.1. The van der Waals surface area contributed by atoms with Crippen LogP contribution in [0.4, 0.5) is 0 Å². The first-order valence-electron chi connectivity index (χ1n) is 9.61. The number of carbonyl (C=O) groups excluding carboxylic acids is 1. The predicted octanol–water partition coefficient (Wildman–Crippen LogP) is 5.33. The van der Waals surface area contributed by atoms with E-state index in [2.05, 4.69) is 31.3 Å². The summed E-state index contributed by atoms with van der Waals surface area (Å²) >= 11 is 0. The van der Waals surface area contributed by atoms with Gasteiger partial charge >= 0.3 is 0 Å². The van der Waals surface area contributed by atoms with Crippen LogP contribution in [-0.4, -0.2) is 18.6 Å². The van der Waals surface area contributed by atoms with E-state index in [-0.39, 0.29) is 5.91 Å². The zero-order valence-electron chi connectivity index (χ0n) is 15.8. The fraction of sp³-hybridized carbons (Fsp3) is 0.500. The summed E-state index contributed by atoms with van der Waals surface area (Å²) in [6.07, 6.45) is 4.92. The fourth-order valence-corrected chi connectivity index (χ4v) is 3.03. The maximum Gasteiger partial charge on any atom is 0.261 e. The van der Waals surface area contributed by atoms with Gasteiger partial charge in [0, 0.05) is 6.54 Å². The normalized spacial score (nSPS) is 13.4. The van der Waals surface area contributed by atoms with E-state index in [1.165, 1.54) is 24.6 Å². The summed E-state index contributed by atoms with van der Waals surface area (Å²) in [4.78, 5) is 12.5. The van der Waals surface area contributed by atoms with Crippen LogP contribution in [0.1, 0.15) is 52.9 Å². The van der Waals surface area contributed by atoms with E-state index in [0.717, 1.165) is 24.1 Å². The van der Waals surface area contributed by atoms with Gasteiger partial charge in [0.2, 0.25) is 0 Å². The van der Waals surface area contributed by atoms with E-state index in [4.69, 9.17) is 4.74 Å². The highest BCUT2D eigenvalue weighted by atomic mass is 16.5. The molecule has 0 heterocycles. The summed E-state index contributed by atoms with van der Waals surface area (Å²) in [5.41, 5.74) is 0. The zero-order chi connectivity index (χ0) is 18.1. The Morgan fingerprint density at radius 3 is 2.48 bits per heavy atom. The van der Waals surface area contributed by atoms with E-state index in [1.807, 2.05) is 37.3 Å². The van der Waals surface area contributed by atoms with Crippen LogP contribution in [0.15, 0.2) is 42.5 Å². The maximum absolute atomic E-state index is 12.5. The Labute approximate surface area is 151 Å². The lowest BCUT2D eigenvalue weighted by atomic mass is 9.99. The summed E-state index contributed by atoms with van der Waals surface area (Å²) < 4.78 is 5.97. The van der Waals surface area contributed by atoms with Gasteiger partial charge < -0.3 is 10.1 Å². The van der Waals surface area contributed by atoms with Crippen molar-refractivity contribution in [2.45, 2.75) is 59.0 Å². The Morgan fingerprint density at radius 2 is 1.80 bits per heavy atom. The number of benzene rings is 2. The summed E-state index contributed by atoms with van der Waals surface area (Å²) in [5.74, 6) is 1.30. The lowest BCUT2D eigenvalue weighted by molar-refractivity contribution is -0.128. The van der Waals surface area contributed by atoms with Crippen molar-refractivity contribution in [3.8, 4) is 5.75 Å². The minimum absolute atomic E-state index is 0.00870. The van der Waals surface area contributed by atoms with Gasteiger partial charge in [0.1, 0.15) is 5.75 Å². The molecule has 2 aromatic rings. The third-order valence-corrected chi connectivity index (χ3v) is 4.77. The number of rotatable bonds is 10. The number of hydrogen-bond acceptors (Lipinski definition) is 2. The average Bonchev–Trinajstić information content (AvgIpc) is 2.65. The highest BCUT2D eigenvalue weighted by Gasteiger charge is 2.19. The molecule has 1 N–H and O–H groups in total. The molecule has 0 bridgehead atoms. The molecule has 0 unspecified atom stereocenters. The van der Waals surface area contributed by atoms with Crippen molar-refractivity contribution in [2.75, 3.05) is 6.54 Å². The molecule has 0 aliphatic rings. The molecular formula is C22H31NO2. The van der Waals surface area contributed by atoms with Crippen molar-refractivity contribution in [3.05, 3.63) is 42.5 Å². The maximum atomic E-state index is 12.5. The quantitative estimate of drug-likeness (QED) is 0.634. The van der Waals surface area contributed by atoms with Crippen molar-refractivity contribution >= 4 is 16.7 Å². The number of fused-ring (bicyclic) bond motifs is 1. The molecule has 25 heavy (non-hydrogen) atoms. The number of unbranched alkanes of at least 4 members (excludes halogenated alkanes) is 1. The zero-order valence-corrected chi connectivity index (χ0v) is 15.8. The lowest BCUT2D eigenvalue weighted by Gasteiger charge is -2.20. The van der Waals surface area contributed by atoms with Crippen molar-refractivity contribution in [2.24, 2.45) is 5.92 Å². The van der Waals surface area contributed by atoms with Crippen LogP contribution in [0, 0.1) is 5.92 Å². The van der Waals surface area contributed by atoms with Crippen LogP contribution in [0.25, 0.3) is 10.8 Å². The molecule has 3 heteroatoms. The molecule has 0 aliphatic heterocycles. The van der Waals surface area contributed by atoms with Gasteiger partial charge in [0.25, 0.3) is 5.91 Å². The van der Waals surface area contributed by atoms with Crippen LogP contribution in [0.2, 0.25) is 0 Å². The third-order valence-electron chi connectivity index (χ3n) is 4.77. The number of amides is 1. The Balaban J connectivity index is 1.94. The Hall–Kier alpha value is -2.03. The first kappa shape index (κ1) is 19.3. The third kappa shape index (κ3) is 5.77. The Morgan fingerprint density at radius 1 is 1.04 bits per heavy atom. The van der Waals surface area contributed by atoms with E-state index in [9.17, 15) is 4.79 Å². The summed E-state index contributed by atoms with van der Waals surface area (Å²) in [5, 5.41) is 5.39. The molecule has 0 fully saturated rings. The van der Waals surface area contributed by atoms with Crippen molar-refractivity contribution in [1.29, 1.82) is 0 Å². The standard InChI is InChI=1S/C22H31NO2/c1-4-7-10-17(5-2)16-23-22(24)21(6-3)25-20-14-13-18-11-8-9-12-19(18)15-20/h8-9,11-15,17,21H,4-7,10,16H2,1-3H3,(H,23,24)/t17-,21+/m1/s1. The molecule has 0 spiro atoms. The molecule has 3 nitrogen and oxygen atoms in total. The minimum atomic E-state index is -0.440. The first-order chi connectivity index (χ1) is 12.2. The van der Waals surface area contributed by atoms with Gasteiger partial charge in [-0.2, -0.15) is 0 Å². The van der Waals surface area contributed by atoms with E-state index in [1.54, 1.807) is 0 Å². The van der Waals surface area contributed by atoms with Crippen LogP contribution in [0.3, 0.4) is 0 Å². The molecule has 2 rings (SSSR count). The minimum Gasteiger partial charge on any atom is -0.481 e. The van der Waals surface area contributed by atoms with E-state index in [0.29, 0.717) is 12.3 Å². The first-order valence-corrected chi connectivity index (χ1v) is 9.61. The van der Waals surface area contributed by atoms with Gasteiger partial charge in [-0.3, -0.25) is 4.79 Å². The monoisotopic (exact) mass is 341 g/mol. The van der Waals surface area contributed by atoms with Crippen LogP contribution in [0.5, 0.6) is 5.75 Å². The molecule has 0 aromatic heterocycles. The molecule has 0 aliphatic carbocycles. The van der Waals surface area contributed by atoms with E-state index >= 15 is 0 Å². The lowest BCUT2D eigenvalue weighted by Crippen LogP contribution is -2.40.